The van der Waals surface area contributed by atoms with Gasteiger partial charge in [0, 0.05) is 48.2 Å². The quantitative estimate of drug-likeness (QED) is 0.110. The second kappa shape index (κ2) is 15.4. The second-order valence-corrected chi connectivity index (χ2v) is 13.1. The minimum absolute atomic E-state index is 0.169. The largest absolute Gasteiger partial charge is 0.490 e. The number of carbonyl (C=O) groups is 1. The third kappa shape index (κ3) is 8.97. The zero-order valence-electron chi connectivity index (χ0n) is 26.1. The summed E-state index contributed by atoms with van der Waals surface area (Å²) in [7, 11) is 0. The molecule has 45 heavy (non-hydrogen) atoms. The van der Waals surface area contributed by atoms with Gasteiger partial charge in [0.1, 0.15) is 5.75 Å². The maximum atomic E-state index is 11.7. The van der Waals surface area contributed by atoms with E-state index >= 15 is 0 Å². The summed E-state index contributed by atoms with van der Waals surface area (Å²) in [5.41, 5.74) is 5.51. The molecule has 2 aromatic carbocycles. The monoisotopic (exact) mass is 635 g/mol. The predicted molar refractivity (Wildman–Crippen MR) is 177 cm³/mol. The van der Waals surface area contributed by atoms with Crippen molar-refractivity contribution >= 4 is 17.7 Å². The molecule has 1 heterocycles. The Morgan fingerprint density at radius 3 is 2.60 bits per heavy atom. The first-order valence-corrected chi connectivity index (χ1v) is 16.7. The van der Waals surface area contributed by atoms with Crippen LogP contribution in [-0.4, -0.2) is 63.2 Å². The number of aromatic nitrogens is 1. The molecule has 8 nitrogen and oxygen atoms in total. The van der Waals surface area contributed by atoms with Gasteiger partial charge in [-0.1, -0.05) is 48.9 Å². The van der Waals surface area contributed by atoms with Crippen LogP contribution in [0.5, 0.6) is 5.75 Å². The molecule has 2 saturated carbocycles. The number of nitrogens with one attached hydrogen (secondary N) is 1. The van der Waals surface area contributed by atoms with Crippen LogP contribution in [0.2, 0.25) is 5.02 Å². The SMILES string of the molecule is CC(CCCN(CCCCC(O)CO)C(=O)O)c1ccc(Cl)c(CNC2(c3cnccc3-c3ccccc3OC3CC3)CC2)c1. The van der Waals surface area contributed by atoms with E-state index in [9.17, 15) is 15.0 Å². The fraction of sp³-hybridized carbons (Fsp3) is 0.500. The first kappa shape index (κ1) is 33.2. The van der Waals surface area contributed by atoms with Crippen molar-refractivity contribution in [2.75, 3.05) is 19.7 Å². The van der Waals surface area contributed by atoms with Crippen LogP contribution in [0.15, 0.2) is 60.9 Å². The van der Waals surface area contributed by atoms with E-state index in [1.807, 2.05) is 24.5 Å². The number of para-hydroxylation sites is 1. The summed E-state index contributed by atoms with van der Waals surface area (Å²) in [6, 6.07) is 16.6. The lowest BCUT2D eigenvalue weighted by Crippen LogP contribution is -2.31. The Morgan fingerprint density at radius 1 is 1.09 bits per heavy atom. The van der Waals surface area contributed by atoms with Gasteiger partial charge in [-0.25, -0.2) is 4.79 Å². The molecule has 2 aliphatic rings. The van der Waals surface area contributed by atoms with Gasteiger partial charge >= 0.3 is 6.09 Å². The van der Waals surface area contributed by atoms with Gasteiger partial charge < -0.3 is 30.3 Å². The van der Waals surface area contributed by atoms with Gasteiger partial charge in [-0.3, -0.25) is 4.98 Å². The number of pyridine rings is 1. The second-order valence-electron chi connectivity index (χ2n) is 12.7. The maximum Gasteiger partial charge on any atom is 0.407 e. The first-order chi connectivity index (χ1) is 21.8. The zero-order chi connectivity index (χ0) is 31.8. The van der Waals surface area contributed by atoms with Crippen molar-refractivity contribution in [1.29, 1.82) is 0 Å². The highest BCUT2D eigenvalue weighted by Gasteiger charge is 2.46. The number of unbranched alkanes of at least 4 members (excludes halogenated alkanes) is 1. The number of carboxylic acid groups (broad SMARTS) is 1. The molecule has 0 radical (unpaired) electrons. The van der Waals surface area contributed by atoms with E-state index in [0.717, 1.165) is 66.0 Å². The van der Waals surface area contributed by atoms with Crippen LogP contribution in [0.4, 0.5) is 4.79 Å². The maximum absolute atomic E-state index is 11.7. The number of aliphatic hydroxyl groups is 2. The Hall–Kier alpha value is -3.17. The summed E-state index contributed by atoms with van der Waals surface area (Å²) in [6.45, 7) is 3.44. The third-order valence-electron chi connectivity index (χ3n) is 9.10. The van der Waals surface area contributed by atoms with Crippen LogP contribution in [0.3, 0.4) is 0 Å². The van der Waals surface area contributed by atoms with Gasteiger partial charge in [0.25, 0.3) is 0 Å². The van der Waals surface area contributed by atoms with Crippen molar-refractivity contribution in [2.45, 2.75) is 94.9 Å². The fourth-order valence-electron chi connectivity index (χ4n) is 5.97. The zero-order valence-corrected chi connectivity index (χ0v) is 26.9. The van der Waals surface area contributed by atoms with E-state index < -0.39 is 12.2 Å². The van der Waals surface area contributed by atoms with E-state index in [2.05, 4.69) is 53.6 Å². The molecule has 2 unspecified atom stereocenters. The molecular formula is C36H46ClN3O5. The number of hydrogen-bond donors (Lipinski definition) is 4. The molecule has 5 rings (SSSR count). The van der Waals surface area contributed by atoms with Crippen LogP contribution < -0.4 is 10.1 Å². The fourth-order valence-corrected chi connectivity index (χ4v) is 6.15. The van der Waals surface area contributed by atoms with Crippen molar-refractivity contribution < 1.29 is 24.9 Å². The normalized spacial score (nSPS) is 16.6. The Kier molecular flexibility index (Phi) is 11.4. The molecule has 242 valence electrons. The Bertz CT molecular complexity index is 1430. The van der Waals surface area contributed by atoms with Crippen LogP contribution >= 0.6 is 11.6 Å². The lowest BCUT2D eigenvalue weighted by atomic mass is 9.93. The van der Waals surface area contributed by atoms with Gasteiger partial charge in [0.15, 0.2) is 0 Å². The molecular weight excluding hydrogens is 590 g/mol. The molecule has 0 spiro atoms. The van der Waals surface area contributed by atoms with E-state index in [1.54, 1.807) is 0 Å². The molecule has 2 atom stereocenters. The predicted octanol–water partition coefficient (Wildman–Crippen LogP) is 7.11. The molecule has 3 aromatic rings. The minimum Gasteiger partial charge on any atom is -0.490 e. The molecule has 2 fully saturated rings. The van der Waals surface area contributed by atoms with Gasteiger partial charge in [-0.05, 0) is 104 Å². The summed E-state index contributed by atoms with van der Waals surface area (Å²) in [4.78, 5) is 17.7. The summed E-state index contributed by atoms with van der Waals surface area (Å²) in [6.07, 6.45) is 10.2. The minimum atomic E-state index is -0.921. The average molecular weight is 636 g/mol. The highest BCUT2D eigenvalue weighted by atomic mass is 35.5. The summed E-state index contributed by atoms with van der Waals surface area (Å²) in [5.74, 6) is 1.18. The van der Waals surface area contributed by atoms with Gasteiger partial charge in [0.05, 0.1) is 18.8 Å². The van der Waals surface area contributed by atoms with Gasteiger partial charge in [-0.2, -0.15) is 0 Å². The topological polar surface area (TPSA) is 115 Å². The summed E-state index contributed by atoms with van der Waals surface area (Å²) >= 11 is 6.70. The van der Waals surface area contributed by atoms with Crippen LogP contribution in [-0.2, 0) is 12.1 Å². The van der Waals surface area contributed by atoms with E-state index in [1.165, 1.54) is 16.0 Å². The number of nitrogens with zero attached hydrogens (tertiary/aromatic N) is 2. The van der Waals surface area contributed by atoms with E-state index in [0.29, 0.717) is 45.0 Å². The Labute approximate surface area is 271 Å². The van der Waals surface area contributed by atoms with Crippen molar-refractivity contribution in [3.05, 3.63) is 82.6 Å². The number of aliphatic hydroxyl groups excluding tert-OH is 2. The van der Waals surface area contributed by atoms with Crippen LogP contribution in [0.1, 0.15) is 87.3 Å². The highest BCUT2D eigenvalue weighted by molar-refractivity contribution is 6.31. The molecule has 0 saturated heterocycles. The van der Waals surface area contributed by atoms with Gasteiger partial charge in [-0.15, -0.1) is 0 Å². The number of halogens is 1. The highest BCUT2D eigenvalue weighted by Crippen LogP contribution is 2.50. The van der Waals surface area contributed by atoms with Crippen LogP contribution in [0.25, 0.3) is 11.1 Å². The lowest BCUT2D eigenvalue weighted by Gasteiger charge is -2.23. The number of rotatable bonds is 18. The molecule has 2 aliphatic carbocycles. The van der Waals surface area contributed by atoms with Crippen molar-refractivity contribution in [1.82, 2.24) is 15.2 Å². The molecule has 1 amide bonds. The molecule has 1 aromatic heterocycles. The Balaban J connectivity index is 1.19. The number of benzene rings is 2. The first-order valence-electron chi connectivity index (χ1n) is 16.3. The Morgan fingerprint density at radius 2 is 1.87 bits per heavy atom. The molecule has 4 N–H and O–H groups in total. The summed E-state index contributed by atoms with van der Waals surface area (Å²) in [5, 5.41) is 32.6. The van der Waals surface area contributed by atoms with E-state index in [4.69, 9.17) is 21.4 Å². The lowest BCUT2D eigenvalue weighted by molar-refractivity contribution is 0.0850. The molecule has 0 aliphatic heterocycles. The van der Waals surface area contributed by atoms with E-state index in [-0.39, 0.29) is 18.1 Å². The van der Waals surface area contributed by atoms with Crippen molar-refractivity contribution in [3.63, 3.8) is 0 Å². The van der Waals surface area contributed by atoms with Gasteiger partial charge in [0.2, 0.25) is 0 Å². The van der Waals surface area contributed by atoms with Crippen LogP contribution in [0, 0.1) is 0 Å². The van der Waals surface area contributed by atoms with Crippen molar-refractivity contribution in [3.8, 4) is 16.9 Å². The standard InChI is InChI=1S/C36H46ClN3O5/c1-25(7-6-20-40(35(43)44)19-5-4-8-28(42)24-41)26-11-14-33(37)27(21-26)22-39-36(16-17-36)32-23-38-18-15-30(32)31-9-2-3-10-34(31)45-29-12-13-29/h2-3,9-11,14-15,18,21,23,25,28-29,39,41-42H,4-8,12-13,16-17,19-20,22,24H2,1H3,(H,43,44). The smallest absolute Gasteiger partial charge is 0.407 e. The molecule has 9 heteroatoms. The number of hydrogen-bond acceptors (Lipinski definition) is 6. The average Bonchev–Trinajstić information content (AvgIpc) is 3.99. The number of amides is 1. The number of ether oxygens (including phenoxy) is 1. The van der Waals surface area contributed by atoms with Crippen molar-refractivity contribution in [2.24, 2.45) is 0 Å². The summed E-state index contributed by atoms with van der Waals surface area (Å²) < 4.78 is 6.26. The third-order valence-corrected chi connectivity index (χ3v) is 9.47. The molecule has 0 bridgehead atoms.